The number of nitrogens with one attached hydrogen (secondary N) is 1. The first-order chi connectivity index (χ1) is 7.34. The molecule has 0 aliphatic carbocycles. The second kappa shape index (κ2) is 5.68. The first-order valence-corrected chi connectivity index (χ1v) is 6.57. The Labute approximate surface area is 98.8 Å². The molecule has 1 N–H and O–H groups in total. The molecule has 84 valence electrons. The number of ether oxygens (including phenoxy) is 1. The van der Waals surface area contributed by atoms with E-state index in [1.165, 1.54) is 30.6 Å². The van der Waals surface area contributed by atoms with Crippen molar-refractivity contribution in [3.63, 3.8) is 0 Å². The second-order valence-corrected chi connectivity index (χ2v) is 4.93. The number of hydrogen-bond acceptors (Lipinski definition) is 4. The first-order valence-electron chi connectivity index (χ1n) is 5.32. The van der Waals surface area contributed by atoms with Gasteiger partial charge in [0, 0.05) is 11.4 Å². The number of hydrogen-bond donors (Lipinski definition) is 1. The normalized spacial score (nSPS) is 21.5. The van der Waals surface area contributed by atoms with Gasteiger partial charge in [-0.3, -0.25) is 0 Å². The minimum absolute atomic E-state index is 0.519. The molecule has 1 saturated heterocycles. The third-order valence-corrected chi connectivity index (χ3v) is 3.63. The molecule has 3 nitrogen and oxygen atoms in total. The molecular weight excluding hydrogens is 232 g/mol. The van der Waals surface area contributed by atoms with Crippen LogP contribution in [0, 0.1) is 0 Å². The summed E-state index contributed by atoms with van der Waals surface area (Å²) >= 11 is 7.15. The van der Waals surface area contributed by atoms with Gasteiger partial charge in [0.25, 0.3) is 5.19 Å². The van der Waals surface area contributed by atoms with Crippen molar-refractivity contribution in [3.8, 4) is 5.19 Å². The minimum Gasteiger partial charge on any atom is -0.470 e. The third kappa shape index (κ3) is 3.63. The van der Waals surface area contributed by atoms with Crippen molar-refractivity contribution in [1.82, 2.24) is 10.3 Å². The maximum absolute atomic E-state index is 5.69. The summed E-state index contributed by atoms with van der Waals surface area (Å²) in [6.45, 7) is 1.87. The number of nitrogens with zero attached hydrogens (tertiary/aromatic N) is 1. The van der Waals surface area contributed by atoms with E-state index >= 15 is 0 Å². The molecule has 1 aliphatic heterocycles. The van der Waals surface area contributed by atoms with Gasteiger partial charge in [-0.25, -0.2) is 0 Å². The Bertz CT molecular complexity index is 299. The standard InChI is InChI=1S/C10H15ClN2OS/c11-9-7-15-10(13-9)14-6-4-8-3-1-2-5-12-8/h7-8,12H,1-6H2. The summed E-state index contributed by atoms with van der Waals surface area (Å²) in [4.78, 5) is 4.03. The van der Waals surface area contributed by atoms with Gasteiger partial charge in [-0.2, -0.15) is 4.98 Å². The number of thiazole rings is 1. The fourth-order valence-electron chi connectivity index (χ4n) is 1.76. The molecule has 0 radical (unpaired) electrons. The van der Waals surface area contributed by atoms with Gasteiger partial charge in [0.2, 0.25) is 0 Å². The molecule has 0 aromatic carbocycles. The molecule has 0 bridgehead atoms. The molecule has 0 amide bonds. The van der Waals surface area contributed by atoms with E-state index in [0.29, 0.717) is 16.4 Å². The average Bonchev–Trinajstić information content (AvgIpc) is 2.66. The SMILES string of the molecule is Clc1csc(OCCC2CCCCN2)n1. The van der Waals surface area contributed by atoms with Gasteiger partial charge in [-0.15, -0.1) is 0 Å². The van der Waals surface area contributed by atoms with Crippen LogP contribution in [0.4, 0.5) is 0 Å². The predicted molar refractivity (Wildman–Crippen MR) is 62.9 cm³/mol. The Balaban J connectivity index is 1.65. The largest absolute Gasteiger partial charge is 0.470 e. The molecule has 1 atom stereocenters. The van der Waals surface area contributed by atoms with Crippen LogP contribution in [0.3, 0.4) is 0 Å². The van der Waals surface area contributed by atoms with E-state index in [2.05, 4.69) is 10.3 Å². The highest BCUT2D eigenvalue weighted by Gasteiger charge is 2.12. The van der Waals surface area contributed by atoms with Gasteiger partial charge in [0.15, 0.2) is 0 Å². The lowest BCUT2D eigenvalue weighted by Crippen LogP contribution is -2.35. The molecule has 2 rings (SSSR count). The van der Waals surface area contributed by atoms with Crippen LogP contribution in [0.25, 0.3) is 0 Å². The summed E-state index contributed by atoms with van der Waals surface area (Å²) < 4.78 is 5.51. The van der Waals surface area contributed by atoms with Crippen LogP contribution in [0.15, 0.2) is 5.38 Å². The van der Waals surface area contributed by atoms with Crippen molar-refractivity contribution < 1.29 is 4.74 Å². The van der Waals surface area contributed by atoms with Crippen LogP contribution in [0.1, 0.15) is 25.7 Å². The van der Waals surface area contributed by atoms with Crippen LogP contribution in [-0.2, 0) is 0 Å². The Morgan fingerprint density at radius 1 is 1.60 bits per heavy atom. The zero-order valence-corrected chi connectivity index (χ0v) is 10.1. The Hall–Kier alpha value is -0.320. The summed E-state index contributed by atoms with van der Waals surface area (Å²) in [6.07, 6.45) is 4.96. The highest BCUT2D eigenvalue weighted by atomic mass is 35.5. The zero-order valence-electron chi connectivity index (χ0n) is 8.54. The van der Waals surface area contributed by atoms with Crippen LogP contribution in [-0.4, -0.2) is 24.2 Å². The van der Waals surface area contributed by atoms with E-state index in [0.717, 1.165) is 19.6 Å². The van der Waals surface area contributed by atoms with E-state index < -0.39 is 0 Å². The van der Waals surface area contributed by atoms with Gasteiger partial charge in [-0.1, -0.05) is 29.4 Å². The summed E-state index contributed by atoms with van der Waals surface area (Å²) in [6, 6.07) is 0.620. The highest BCUT2D eigenvalue weighted by molar-refractivity contribution is 7.11. The molecule has 0 spiro atoms. The van der Waals surface area contributed by atoms with E-state index in [4.69, 9.17) is 16.3 Å². The molecule has 1 unspecified atom stereocenters. The fourth-order valence-corrected chi connectivity index (χ4v) is 2.58. The van der Waals surface area contributed by atoms with E-state index in [1.807, 2.05) is 0 Å². The number of rotatable bonds is 4. The van der Waals surface area contributed by atoms with Crippen molar-refractivity contribution in [2.75, 3.05) is 13.2 Å². The smallest absolute Gasteiger partial charge is 0.274 e. The van der Waals surface area contributed by atoms with E-state index in [1.54, 1.807) is 5.38 Å². The van der Waals surface area contributed by atoms with E-state index in [-0.39, 0.29) is 0 Å². The van der Waals surface area contributed by atoms with E-state index in [9.17, 15) is 0 Å². The molecule has 5 heteroatoms. The van der Waals surface area contributed by atoms with Crippen molar-refractivity contribution >= 4 is 22.9 Å². The molecular formula is C10H15ClN2OS. The third-order valence-electron chi connectivity index (χ3n) is 2.56. The first kappa shape index (κ1) is 11.2. The van der Waals surface area contributed by atoms with Gasteiger partial charge < -0.3 is 10.1 Å². The average molecular weight is 247 g/mol. The van der Waals surface area contributed by atoms with Crippen molar-refractivity contribution in [2.45, 2.75) is 31.7 Å². The number of halogens is 1. The monoisotopic (exact) mass is 246 g/mol. The Kier molecular flexibility index (Phi) is 4.23. The van der Waals surface area contributed by atoms with Crippen molar-refractivity contribution in [2.24, 2.45) is 0 Å². The summed E-state index contributed by atoms with van der Waals surface area (Å²) in [5, 5.41) is 6.47. The molecule has 1 aliphatic rings. The maximum atomic E-state index is 5.69. The topological polar surface area (TPSA) is 34.1 Å². The summed E-state index contributed by atoms with van der Waals surface area (Å²) in [7, 11) is 0. The van der Waals surface area contributed by atoms with Crippen molar-refractivity contribution in [3.05, 3.63) is 10.5 Å². The van der Waals surface area contributed by atoms with Gasteiger partial charge in [0.1, 0.15) is 5.15 Å². The Morgan fingerprint density at radius 3 is 3.20 bits per heavy atom. The minimum atomic E-state index is 0.519. The predicted octanol–water partition coefficient (Wildman–Crippen LogP) is 2.71. The molecule has 15 heavy (non-hydrogen) atoms. The molecule has 1 fully saturated rings. The van der Waals surface area contributed by atoms with Gasteiger partial charge >= 0.3 is 0 Å². The molecule has 1 aromatic heterocycles. The van der Waals surface area contributed by atoms with Crippen LogP contribution < -0.4 is 10.1 Å². The van der Waals surface area contributed by atoms with Gasteiger partial charge in [-0.05, 0) is 25.8 Å². The molecule has 2 heterocycles. The lowest BCUT2D eigenvalue weighted by molar-refractivity contribution is 0.267. The zero-order chi connectivity index (χ0) is 10.5. The second-order valence-electron chi connectivity index (χ2n) is 3.72. The summed E-state index contributed by atoms with van der Waals surface area (Å²) in [5.41, 5.74) is 0. The maximum Gasteiger partial charge on any atom is 0.274 e. The lowest BCUT2D eigenvalue weighted by atomic mass is 10.0. The van der Waals surface area contributed by atoms with Crippen LogP contribution >= 0.6 is 22.9 Å². The summed E-state index contributed by atoms with van der Waals surface area (Å²) in [5.74, 6) is 0. The number of aromatic nitrogens is 1. The quantitative estimate of drug-likeness (QED) is 0.887. The van der Waals surface area contributed by atoms with Crippen LogP contribution in [0.2, 0.25) is 5.15 Å². The molecule has 0 saturated carbocycles. The highest BCUT2D eigenvalue weighted by Crippen LogP contribution is 2.21. The van der Waals surface area contributed by atoms with Crippen LogP contribution in [0.5, 0.6) is 5.19 Å². The Morgan fingerprint density at radius 2 is 2.53 bits per heavy atom. The van der Waals surface area contributed by atoms with Gasteiger partial charge in [0.05, 0.1) is 6.61 Å². The number of piperidine rings is 1. The van der Waals surface area contributed by atoms with Crippen molar-refractivity contribution in [1.29, 1.82) is 0 Å². The molecule has 1 aromatic rings. The fraction of sp³-hybridized carbons (Fsp3) is 0.700. The lowest BCUT2D eigenvalue weighted by Gasteiger charge is -2.22.